The van der Waals surface area contributed by atoms with Crippen LogP contribution in [0.25, 0.3) is 0 Å². The molecule has 0 radical (unpaired) electrons. The lowest BCUT2D eigenvalue weighted by Gasteiger charge is -2.09. The number of carbonyl (C=O) groups is 1. The highest BCUT2D eigenvalue weighted by Crippen LogP contribution is 2.37. The van der Waals surface area contributed by atoms with Gasteiger partial charge >= 0.3 is 0 Å². The third-order valence-electron chi connectivity index (χ3n) is 2.39. The second kappa shape index (κ2) is 4.51. The van der Waals surface area contributed by atoms with Crippen LogP contribution in [0, 0.1) is 0 Å². The fourth-order valence-corrected chi connectivity index (χ4v) is 1.70. The molecule has 0 aromatic heterocycles. The predicted molar refractivity (Wildman–Crippen MR) is 56.7 cm³/mol. The van der Waals surface area contributed by atoms with Gasteiger partial charge in [-0.2, -0.15) is 0 Å². The Hall–Kier alpha value is -1.59. The van der Waals surface area contributed by atoms with E-state index >= 15 is 0 Å². The van der Waals surface area contributed by atoms with Crippen LogP contribution in [0.5, 0.6) is 11.5 Å². The molecule has 0 amide bonds. The van der Waals surface area contributed by atoms with Crippen molar-refractivity contribution >= 4 is 5.78 Å². The van der Waals surface area contributed by atoms with E-state index in [1.807, 2.05) is 0 Å². The Bertz CT molecular complexity index is 417. The number of hydrogen-bond acceptors (Lipinski definition) is 5. The van der Waals surface area contributed by atoms with Gasteiger partial charge in [0.1, 0.15) is 0 Å². The molecule has 1 aromatic rings. The molecule has 0 atom stereocenters. The van der Waals surface area contributed by atoms with E-state index in [4.69, 9.17) is 19.9 Å². The third kappa shape index (κ3) is 1.75. The predicted octanol–water partition coefficient (Wildman–Crippen LogP) is 0.703. The molecular formula is C11H13NO4. The smallest absolute Gasteiger partial charge is 0.231 e. The molecular weight excluding hydrogens is 210 g/mol. The molecule has 1 heterocycles. The summed E-state index contributed by atoms with van der Waals surface area (Å²) in [5.41, 5.74) is 6.61. The molecule has 0 saturated carbocycles. The summed E-state index contributed by atoms with van der Waals surface area (Å²) in [7, 11) is 1.57. The van der Waals surface area contributed by atoms with Crippen LogP contribution in [0.1, 0.15) is 15.9 Å². The highest BCUT2D eigenvalue weighted by molar-refractivity contribution is 6.02. The number of ketones is 1. The van der Waals surface area contributed by atoms with Crippen LogP contribution >= 0.6 is 0 Å². The number of Topliss-reactive ketones (excluding diaryl/α,β-unsaturated/α-hetero) is 1. The number of nitrogens with two attached hydrogens (primary N) is 1. The summed E-state index contributed by atoms with van der Waals surface area (Å²) < 4.78 is 15.5. The van der Waals surface area contributed by atoms with Crippen LogP contribution in [0.2, 0.25) is 0 Å². The standard InChI is InChI=1S/C11H13NO4/c1-14-5-7-2-3-9-11(16-6-15-9)10(7)8(13)4-12/h2-3H,4-6,12H2,1H3. The van der Waals surface area contributed by atoms with E-state index in [9.17, 15) is 4.79 Å². The van der Waals surface area contributed by atoms with E-state index < -0.39 is 0 Å². The molecule has 1 aromatic carbocycles. The molecule has 1 aliphatic rings. The summed E-state index contributed by atoms with van der Waals surface area (Å²) in [5, 5.41) is 0. The summed E-state index contributed by atoms with van der Waals surface area (Å²) in [5.74, 6) is 0.885. The molecule has 2 N–H and O–H groups in total. The Labute approximate surface area is 93.1 Å². The molecule has 86 valence electrons. The molecule has 0 spiro atoms. The van der Waals surface area contributed by atoms with Crippen LogP contribution in [-0.4, -0.2) is 26.2 Å². The topological polar surface area (TPSA) is 70.8 Å². The zero-order chi connectivity index (χ0) is 11.5. The van der Waals surface area contributed by atoms with Crippen molar-refractivity contribution in [3.8, 4) is 11.5 Å². The van der Waals surface area contributed by atoms with E-state index in [0.717, 1.165) is 5.56 Å². The number of benzene rings is 1. The number of rotatable bonds is 4. The quantitative estimate of drug-likeness (QED) is 0.761. The van der Waals surface area contributed by atoms with E-state index in [-0.39, 0.29) is 19.1 Å². The van der Waals surface area contributed by atoms with Crippen LogP contribution in [0.4, 0.5) is 0 Å². The molecule has 5 nitrogen and oxygen atoms in total. The Kier molecular flexibility index (Phi) is 3.07. The molecule has 0 fully saturated rings. The zero-order valence-corrected chi connectivity index (χ0v) is 8.99. The van der Waals surface area contributed by atoms with E-state index in [0.29, 0.717) is 23.7 Å². The third-order valence-corrected chi connectivity index (χ3v) is 2.39. The maximum atomic E-state index is 11.8. The molecule has 0 bridgehead atoms. The van der Waals surface area contributed by atoms with Crippen molar-refractivity contribution in [3.05, 3.63) is 23.3 Å². The number of fused-ring (bicyclic) bond motifs is 1. The first-order valence-electron chi connectivity index (χ1n) is 4.91. The van der Waals surface area contributed by atoms with Crippen LogP contribution < -0.4 is 15.2 Å². The van der Waals surface area contributed by atoms with Crippen LogP contribution in [-0.2, 0) is 11.3 Å². The minimum absolute atomic E-state index is 0.0590. The first kappa shape index (κ1) is 10.9. The van der Waals surface area contributed by atoms with E-state index in [1.54, 1.807) is 19.2 Å². The Morgan fingerprint density at radius 3 is 3.00 bits per heavy atom. The largest absolute Gasteiger partial charge is 0.454 e. The second-order valence-electron chi connectivity index (χ2n) is 3.39. The Morgan fingerprint density at radius 1 is 1.50 bits per heavy atom. The summed E-state index contributed by atoms with van der Waals surface area (Å²) >= 11 is 0. The van der Waals surface area contributed by atoms with Crippen molar-refractivity contribution < 1.29 is 19.0 Å². The fraction of sp³-hybridized carbons (Fsp3) is 0.364. The minimum atomic E-state index is -0.172. The monoisotopic (exact) mass is 223 g/mol. The van der Waals surface area contributed by atoms with Crippen molar-refractivity contribution in [1.29, 1.82) is 0 Å². The van der Waals surface area contributed by atoms with E-state index in [2.05, 4.69) is 0 Å². The van der Waals surface area contributed by atoms with Gasteiger partial charge in [-0.3, -0.25) is 4.79 Å². The van der Waals surface area contributed by atoms with Gasteiger partial charge in [-0.1, -0.05) is 6.07 Å². The number of ether oxygens (including phenoxy) is 3. The first-order chi connectivity index (χ1) is 7.77. The summed E-state index contributed by atoms with van der Waals surface area (Å²) in [6.45, 7) is 0.421. The van der Waals surface area contributed by atoms with Gasteiger partial charge in [-0.25, -0.2) is 0 Å². The molecule has 16 heavy (non-hydrogen) atoms. The van der Waals surface area contributed by atoms with Crippen molar-refractivity contribution in [1.82, 2.24) is 0 Å². The summed E-state index contributed by atoms with van der Waals surface area (Å²) in [6, 6.07) is 3.56. The van der Waals surface area contributed by atoms with Gasteiger partial charge in [-0.15, -0.1) is 0 Å². The molecule has 2 rings (SSSR count). The Balaban J connectivity index is 2.50. The average molecular weight is 223 g/mol. The van der Waals surface area contributed by atoms with Gasteiger partial charge in [0, 0.05) is 7.11 Å². The van der Waals surface area contributed by atoms with Gasteiger partial charge in [-0.05, 0) is 11.6 Å². The average Bonchev–Trinajstić information content (AvgIpc) is 2.76. The number of carbonyl (C=O) groups excluding carboxylic acids is 1. The van der Waals surface area contributed by atoms with Gasteiger partial charge in [0.2, 0.25) is 6.79 Å². The van der Waals surface area contributed by atoms with Crippen molar-refractivity contribution in [3.63, 3.8) is 0 Å². The van der Waals surface area contributed by atoms with Gasteiger partial charge in [0.15, 0.2) is 17.3 Å². The maximum Gasteiger partial charge on any atom is 0.231 e. The van der Waals surface area contributed by atoms with Crippen molar-refractivity contribution in [2.24, 2.45) is 5.73 Å². The lowest BCUT2D eigenvalue weighted by Crippen LogP contribution is -2.16. The number of methoxy groups -OCH3 is 1. The lowest BCUT2D eigenvalue weighted by atomic mass is 10.0. The highest BCUT2D eigenvalue weighted by Gasteiger charge is 2.24. The normalized spacial score (nSPS) is 12.9. The zero-order valence-electron chi connectivity index (χ0n) is 8.99. The second-order valence-corrected chi connectivity index (χ2v) is 3.39. The van der Waals surface area contributed by atoms with Gasteiger partial charge < -0.3 is 19.9 Å². The minimum Gasteiger partial charge on any atom is -0.454 e. The summed E-state index contributed by atoms with van der Waals surface area (Å²) in [4.78, 5) is 11.8. The van der Waals surface area contributed by atoms with Crippen molar-refractivity contribution in [2.45, 2.75) is 6.61 Å². The molecule has 1 aliphatic heterocycles. The van der Waals surface area contributed by atoms with Crippen LogP contribution in [0.3, 0.4) is 0 Å². The summed E-state index contributed by atoms with van der Waals surface area (Å²) in [6.07, 6.45) is 0. The molecule has 0 unspecified atom stereocenters. The van der Waals surface area contributed by atoms with Gasteiger partial charge in [0.25, 0.3) is 0 Å². The van der Waals surface area contributed by atoms with E-state index in [1.165, 1.54) is 0 Å². The SMILES string of the molecule is COCc1ccc2c(c1C(=O)CN)OCO2. The van der Waals surface area contributed by atoms with Crippen LogP contribution in [0.15, 0.2) is 12.1 Å². The molecule has 0 saturated heterocycles. The first-order valence-corrected chi connectivity index (χ1v) is 4.91. The highest BCUT2D eigenvalue weighted by atomic mass is 16.7. The van der Waals surface area contributed by atoms with Gasteiger partial charge in [0.05, 0.1) is 18.7 Å². The molecule has 0 aliphatic carbocycles. The maximum absolute atomic E-state index is 11.8. The molecule has 5 heteroatoms. The Morgan fingerprint density at radius 2 is 2.31 bits per heavy atom. The lowest BCUT2D eigenvalue weighted by molar-refractivity contribution is 0.0991. The fourth-order valence-electron chi connectivity index (χ4n) is 1.70. The van der Waals surface area contributed by atoms with Crippen molar-refractivity contribution in [2.75, 3.05) is 20.4 Å². The number of hydrogen-bond donors (Lipinski definition) is 1.